The fourth-order valence-corrected chi connectivity index (χ4v) is 1.34. The molecule has 0 bridgehead atoms. The van der Waals surface area contributed by atoms with E-state index in [2.05, 4.69) is 11.1 Å². The molecular formula is C10H19O3S-. The van der Waals surface area contributed by atoms with Crippen molar-refractivity contribution in [1.82, 2.24) is 0 Å². The van der Waals surface area contributed by atoms with Crippen LogP contribution in [-0.2, 0) is 15.5 Å². The van der Waals surface area contributed by atoms with E-state index < -0.39 is 11.4 Å². The van der Waals surface area contributed by atoms with Crippen LogP contribution in [0.3, 0.4) is 0 Å². The van der Waals surface area contributed by atoms with Gasteiger partial charge in [0.1, 0.15) is 0 Å². The second kappa shape index (κ2) is 10.9. The molecule has 0 radical (unpaired) electrons. The Balaban J connectivity index is 3.07. The van der Waals surface area contributed by atoms with E-state index in [1.807, 2.05) is 6.08 Å². The van der Waals surface area contributed by atoms with Crippen molar-refractivity contribution in [2.24, 2.45) is 0 Å². The second-order valence-electron chi connectivity index (χ2n) is 3.16. The topological polar surface area (TPSA) is 49.4 Å². The lowest BCUT2D eigenvalue weighted by Crippen LogP contribution is -1.94. The summed E-state index contributed by atoms with van der Waals surface area (Å²) in [5.74, 6) is 0. The Morgan fingerprint density at radius 2 is 1.93 bits per heavy atom. The molecule has 0 spiro atoms. The van der Waals surface area contributed by atoms with Crippen LogP contribution in [0.4, 0.5) is 0 Å². The predicted octanol–water partition coefficient (Wildman–Crippen LogP) is 2.71. The minimum absolute atomic E-state index is 0.158. The maximum atomic E-state index is 9.95. The smallest absolute Gasteiger partial charge is 0.0845 e. The van der Waals surface area contributed by atoms with Crippen molar-refractivity contribution in [3.63, 3.8) is 0 Å². The van der Waals surface area contributed by atoms with Gasteiger partial charge in [-0.3, -0.25) is 4.18 Å². The highest BCUT2D eigenvalue weighted by molar-refractivity contribution is 7.74. The third kappa shape index (κ3) is 11.8. The lowest BCUT2D eigenvalue weighted by Gasteiger charge is -2.01. The van der Waals surface area contributed by atoms with Crippen LogP contribution in [0, 0.1) is 0 Å². The molecule has 0 heterocycles. The highest BCUT2D eigenvalue weighted by Gasteiger charge is 1.86. The summed E-state index contributed by atoms with van der Waals surface area (Å²) in [5.41, 5.74) is 0. The highest BCUT2D eigenvalue weighted by atomic mass is 32.2. The van der Waals surface area contributed by atoms with Gasteiger partial charge in [0, 0.05) is 0 Å². The van der Waals surface area contributed by atoms with Crippen molar-refractivity contribution in [2.75, 3.05) is 6.61 Å². The van der Waals surface area contributed by atoms with E-state index >= 15 is 0 Å². The molecule has 0 saturated heterocycles. The van der Waals surface area contributed by atoms with Crippen LogP contribution in [-0.4, -0.2) is 15.4 Å². The Bertz CT molecular complexity index is 169. The van der Waals surface area contributed by atoms with Crippen molar-refractivity contribution in [2.45, 2.75) is 45.4 Å². The lowest BCUT2D eigenvalue weighted by atomic mass is 10.1. The van der Waals surface area contributed by atoms with Crippen LogP contribution in [0.5, 0.6) is 0 Å². The van der Waals surface area contributed by atoms with Crippen LogP contribution in [0.15, 0.2) is 12.2 Å². The summed E-state index contributed by atoms with van der Waals surface area (Å²) >= 11 is -2.38. The molecule has 0 aliphatic heterocycles. The summed E-state index contributed by atoms with van der Waals surface area (Å²) in [7, 11) is 0. The fourth-order valence-electron chi connectivity index (χ4n) is 1.15. The van der Waals surface area contributed by atoms with Crippen molar-refractivity contribution in [3.05, 3.63) is 12.2 Å². The van der Waals surface area contributed by atoms with Crippen molar-refractivity contribution in [3.8, 4) is 0 Å². The normalized spacial score (nSPS) is 13.6. The molecule has 4 heteroatoms. The largest absolute Gasteiger partial charge is 0.750 e. The van der Waals surface area contributed by atoms with E-state index in [1.165, 1.54) is 32.1 Å². The lowest BCUT2D eigenvalue weighted by molar-refractivity contribution is 0.334. The van der Waals surface area contributed by atoms with E-state index in [9.17, 15) is 8.76 Å². The van der Waals surface area contributed by atoms with Gasteiger partial charge in [-0.1, -0.05) is 44.8 Å². The number of rotatable bonds is 9. The second-order valence-corrected chi connectivity index (χ2v) is 3.81. The molecule has 14 heavy (non-hydrogen) atoms. The van der Waals surface area contributed by atoms with Gasteiger partial charge in [0.05, 0.1) is 18.0 Å². The van der Waals surface area contributed by atoms with Gasteiger partial charge in [-0.05, 0) is 12.8 Å². The molecule has 0 N–H and O–H groups in total. The Morgan fingerprint density at radius 1 is 1.21 bits per heavy atom. The third-order valence-electron chi connectivity index (χ3n) is 1.90. The van der Waals surface area contributed by atoms with E-state index in [0.717, 1.165) is 6.42 Å². The van der Waals surface area contributed by atoms with Crippen molar-refractivity contribution < 1.29 is 12.9 Å². The first-order chi connectivity index (χ1) is 6.77. The maximum Gasteiger partial charge on any atom is 0.0845 e. The molecule has 0 saturated carbocycles. The van der Waals surface area contributed by atoms with E-state index in [1.54, 1.807) is 6.08 Å². The van der Waals surface area contributed by atoms with E-state index in [-0.39, 0.29) is 6.61 Å². The molecule has 0 aliphatic carbocycles. The Labute approximate surface area is 89.0 Å². The molecule has 0 rings (SSSR count). The van der Waals surface area contributed by atoms with E-state index in [4.69, 9.17) is 0 Å². The van der Waals surface area contributed by atoms with Gasteiger partial charge in [0.15, 0.2) is 0 Å². The zero-order valence-electron chi connectivity index (χ0n) is 8.74. The zero-order chi connectivity index (χ0) is 10.6. The molecule has 0 aromatic rings. The Hall–Kier alpha value is -0.190. The number of hydrogen-bond acceptors (Lipinski definition) is 3. The van der Waals surface area contributed by atoms with Gasteiger partial charge in [0.25, 0.3) is 0 Å². The first kappa shape index (κ1) is 13.8. The summed E-state index contributed by atoms with van der Waals surface area (Å²) in [6, 6.07) is 0. The molecule has 0 aliphatic rings. The molecular weight excluding hydrogens is 200 g/mol. The van der Waals surface area contributed by atoms with Crippen LogP contribution in [0.25, 0.3) is 0 Å². The average molecular weight is 219 g/mol. The summed E-state index contributed by atoms with van der Waals surface area (Å²) in [4.78, 5) is 0. The van der Waals surface area contributed by atoms with Gasteiger partial charge in [0.2, 0.25) is 0 Å². The highest BCUT2D eigenvalue weighted by Crippen LogP contribution is 2.05. The number of allylic oxidation sites excluding steroid dienone is 1. The standard InChI is InChI=1S/C10H20O3S/c1-2-3-4-5-6-7-8-9-10-13-14(11)12/h8-9H,2-7,10H2,1H3,(H,11,12)/p-1. The molecule has 3 nitrogen and oxygen atoms in total. The average Bonchev–Trinajstić information content (AvgIpc) is 2.15. The van der Waals surface area contributed by atoms with Crippen molar-refractivity contribution in [1.29, 1.82) is 0 Å². The predicted molar refractivity (Wildman–Crippen MR) is 57.4 cm³/mol. The van der Waals surface area contributed by atoms with Crippen molar-refractivity contribution >= 4 is 11.4 Å². The van der Waals surface area contributed by atoms with Crippen LogP contribution < -0.4 is 0 Å². The number of hydrogen-bond donors (Lipinski definition) is 0. The summed E-state index contributed by atoms with van der Waals surface area (Å²) in [6.45, 7) is 2.35. The summed E-state index contributed by atoms with van der Waals surface area (Å²) in [5, 5.41) is 0. The maximum absolute atomic E-state index is 9.95. The third-order valence-corrected chi connectivity index (χ3v) is 2.23. The molecule has 0 amide bonds. The van der Waals surface area contributed by atoms with E-state index in [0.29, 0.717) is 0 Å². The van der Waals surface area contributed by atoms with Gasteiger partial charge < -0.3 is 4.55 Å². The Morgan fingerprint density at radius 3 is 2.57 bits per heavy atom. The fraction of sp³-hybridized carbons (Fsp3) is 0.800. The summed E-state index contributed by atoms with van der Waals surface area (Å²) in [6.07, 6.45) is 11.0. The van der Waals surface area contributed by atoms with Crippen LogP contribution in [0.1, 0.15) is 45.4 Å². The molecule has 0 fully saturated rings. The minimum atomic E-state index is -2.38. The monoisotopic (exact) mass is 219 g/mol. The zero-order valence-corrected chi connectivity index (χ0v) is 9.55. The molecule has 1 atom stereocenters. The van der Waals surface area contributed by atoms with Gasteiger partial charge >= 0.3 is 0 Å². The molecule has 1 unspecified atom stereocenters. The number of unbranched alkanes of at least 4 members (excludes halogenated alkanes) is 5. The first-order valence-corrected chi connectivity index (χ1v) is 6.15. The van der Waals surface area contributed by atoms with Crippen LogP contribution in [0.2, 0.25) is 0 Å². The minimum Gasteiger partial charge on any atom is -0.750 e. The molecule has 0 aromatic carbocycles. The summed E-state index contributed by atoms with van der Waals surface area (Å²) < 4.78 is 24.2. The van der Waals surface area contributed by atoms with Gasteiger partial charge in [-0.25, -0.2) is 4.21 Å². The molecule has 84 valence electrons. The Kier molecular flexibility index (Phi) is 10.7. The van der Waals surface area contributed by atoms with Gasteiger partial charge in [-0.15, -0.1) is 0 Å². The SMILES string of the molecule is CCCCCCCC=CCOS(=O)[O-]. The van der Waals surface area contributed by atoms with Crippen LogP contribution >= 0.6 is 0 Å². The first-order valence-electron chi connectivity index (χ1n) is 5.15. The van der Waals surface area contributed by atoms with Gasteiger partial charge in [-0.2, -0.15) is 0 Å². The quantitative estimate of drug-likeness (QED) is 0.340. The molecule has 0 aromatic heterocycles.